The Bertz CT molecular complexity index is 805. The molecule has 9 nitrogen and oxygen atoms in total. The Kier molecular flexibility index (Phi) is 8.75. The summed E-state index contributed by atoms with van der Waals surface area (Å²) < 4.78 is 26.2. The molecule has 10 heteroatoms. The smallest absolute Gasteiger partial charge is 0.290 e. The van der Waals surface area contributed by atoms with Crippen LogP contribution in [0, 0.1) is 5.41 Å². The summed E-state index contributed by atoms with van der Waals surface area (Å²) in [5, 5.41) is 9.98. The van der Waals surface area contributed by atoms with E-state index in [1.165, 1.54) is 6.26 Å². The average molecular weight is 441 g/mol. The highest BCUT2D eigenvalue weighted by atomic mass is 32.2. The molecule has 2 saturated heterocycles. The zero-order chi connectivity index (χ0) is 22.2. The summed E-state index contributed by atoms with van der Waals surface area (Å²) in [4.78, 5) is 28.0. The molecule has 168 valence electrons. The first-order valence-electron chi connectivity index (χ1n) is 10.2. The number of pyridine rings is 1. The van der Waals surface area contributed by atoms with Crippen molar-refractivity contribution in [2.24, 2.45) is 5.41 Å². The minimum Gasteiger partial charge on any atom is -0.483 e. The van der Waals surface area contributed by atoms with Gasteiger partial charge in [-0.15, -0.1) is 0 Å². The Labute approximate surface area is 178 Å². The van der Waals surface area contributed by atoms with Gasteiger partial charge >= 0.3 is 0 Å². The molecule has 0 aromatic carbocycles. The van der Waals surface area contributed by atoms with E-state index in [1.54, 1.807) is 10.5 Å². The zero-order valence-corrected chi connectivity index (χ0v) is 18.5. The highest BCUT2D eigenvalue weighted by Crippen LogP contribution is 2.43. The standard InChI is InChI=1S/C19H30N4O3S.CH2O2/c1-22-14-10-19(9-6-13-23(17(19)15-22)27(2,25)26)18(24)21-12-5-8-16-7-3-4-11-20-16;2-1-3/h3-4,7,11,17H,5-6,8-10,12-15H2,1-2H3,(H,21,24);1H,(H,2,3)/t17-,19+;/m0./s1. The highest BCUT2D eigenvalue weighted by Gasteiger charge is 2.54. The van der Waals surface area contributed by atoms with Crippen molar-refractivity contribution in [3.8, 4) is 0 Å². The summed E-state index contributed by atoms with van der Waals surface area (Å²) in [5.74, 6) is 0.00923. The lowest BCUT2D eigenvalue weighted by molar-refractivity contribution is -0.141. The minimum absolute atomic E-state index is 0.00923. The predicted octanol–water partition coefficient (Wildman–Crippen LogP) is 0.577. The number of aryl methyl sites for hydroxylation is 1. The fourth-order valence-electron chi connectivity index (χ4n) is 4.45. The van der Waals surface area contributed by atoms with E-state index in [0.29, 0.717) is 26.1 Å². The van der Waals surface area contributed by atoms with Crippen LogP contribution in [0.25, 0.3) is 0 Å². The molecule has 30 heavy (non-hydrogen) atoms. The van der Waals surface area contributed by atoms with Crippen molar-refractivity contribution >= 4 is 22.4 Å². The van der Waals surface area contributed by atoms with Gasteiger partial charge in [0, 0.05) is 31.5 Å². The Morgan fingerprint density at radius 2 is 2.10 bits per heavy atom. The zero-order valence-electron chi connectivity index (χ0n) is 17.7. The van der Waals surface area contributed by atoms with Crippen molar-refractivity contribution in [2.75, 3.05) is 39.5 Å². The molecule has 1 amide bonds. The van der Waals surface area contributed by atoms with Crippen LogP contribution in [0.3, 0.4) is 0 Å². The number of rotatable bonds is 6. The monoisotopic (exact) mass is 440 g/mol. The van der Waals surface area contributed by atoms with Crippen molar-refractivity contribution in [2.45, 2.75) is 38.1 Å². The van der Waals surface area contributed by atoms with E-state index < -0.39 is 15.4 Å². The summed E-state index contributed by atoms with van der Waals surface area (Å²) in [5.41, 5.74) is 0.404. The molecule has 2 N–H and O–H groups in total. The van der Waals surface area contributed by atoms with Crippen LogP contribution in [-0.4, -0.2) is 85.6 Å². The van der Waals surface area contributed by atoms with Crippen molar-refractivity contribution in [3.63, 3.8) is 0 Å². The number of nitrogens with one attached hydrogen (secondary N) is 1. The van der Waals surface area contributed by atoms with Crippen LogP contribution in [0.4, 0.5) is 0 Å². The molecule has 2 aliphatic rings. The van der Waals surface area contributed by atoms with Crippen LogP contribution in [0.1, 0.15) is 31.4 Å². The number of likely N-dealkylation sites (N-methyl/N-ethyl adjacent to an activating group) is 1. The number of likely N-dealkylation sites (tertiary alicyclic amines) is 1. The second kappa shape index (κ2) is 10.8. The lowest BCUT2D eigenvalue weighted by Gasteiger charge is -2.52. The molecule has 0 aliphatic carbocycles. The maximum absolute atomic E-state index is 13.2. The summed E-state index contributed by atoms with van der Waals surface area (Å²) in [6.07, 6.45) is 6.85. The van der Waals surface area contributed by atoms with Crippen LogP contribution < -0.4 is 5.32 Å². The number of aromatic nitrogens is 1. The van der Waals surface area contributed by atoms with Gasteiger partial charge in [0.15, 0.2) is 0 Å². The van der Waals surface area contributed by atoms with Crippen LogP contribution in [0.5, 0.6) is 0 Å². The normalized spacial score (nSPS) is 24.8. The van der Waals surface area contributed by atoms with E-state index in [4.69, 9.17) is 9.90 Å². The second-order valence-corrected chi connectivity index (χ2v) is 9.88. The molecule has 0 unspecified atom stereocenters. The Hall–Kier alpha value is -2.04. The van der Waals surface area contributed by atoms with E-state index in [9.17, 15) is 13.2 Å². The summed E-state index contributed by atoms with van der Waals surface area (Å²) in [7, 11) is -1.34. The van der Waals surface area contributed by atoms with Gasteiger partial charge in [0.2, 0.25) is 15.9 Å². The van der Waals surface area contributed by atoms with Crippen LogP contribution >= 0.6 is 0 Å². The topological polar surface area (TPSA) is 120 Å². The molecular formula is C20H32N4O5S. The van der Waals surface area contributed by atoms with E-state index in [1.807, 2.05) is 25.2 Å². The minimum atomic E-state index is -3.33. The van der Waals surface area contributed by atoms with E-state index >= 15 is 0 Å². The second-order valence-electron chi connectivity index (χ2n) is 7.95. The highest BCUT2D eigenvalue weighted by molar-refractivity contribution is 7.88. The van der Waals surface area contributed by atoms with Crippen molar-refractivity contribution in [1.29, 1.82) is 0 Å². The number of nitrogens with zero attached hydrogens (tertiary/aromatic N) is 3. The third kappa shape index (κ3) is 5.99. The molecule has 0 bridgehead atoms. The van der Waals surface area contributed by atoms with Gasteiger partial charge in [0.25, 0.3) is 6.47 Å². The number of sulfonamides is 1. The quantitative estimate of drug-likeness (QED) is 0.490. The Balaban J connectivity index is 0.00000101. The van der Waals surface area contributed by atoms with Gasteiger partial charge in [0.05, 0.1) is 17.7 Å². The average Bonchev–Trinajstić information content (AvgIpc) is 2.71. The van der Waals surface area contributed by atoms with Crippen LogP contribution in [-0.2, 0) is 26.0 Å². The molecule has 0 spiro atoms. The van der Waals surface area contributed by atoms with Crippen molar-refractivity contribution < 1.29 is 23.1 Å². The van der Waals surface area contributed by atoms with E-state index in [0.717, 1.165) is 37.9 Å². The molecule has 1 aromatic heterocycles. The van der Waals surface area contributed by atoms with Crippen molar-refractivity contribution in [1.82, 2.24) is 19.5 Å². The SMILES string of the molecule is CN1CC[C@]2(C(=O)NCCCc3ccccn3)CCCN(S(C)(=O)=O)[C@H]2C1.O=CO. The van der Waals surface area contributed by atoms with Gasteiger partial charge < -0.3 is 15.3 Å². The molecule has 2 aliphatic heterocycles. The lowest BCUT2D eigenvalue weighted by Crippen LogP contribution is -2.66. The number of amides is 1. The van der Waals surface area contributed by atoms with Gasteiger partial charge in [-0.3, -0.25) is 14.6 Å². The van der Waals surface area contributed by atoms with Crippen LogP contribution in [0.15, 0.2) is 24.4 Å². The fourth-order valence-corrected chi connectivity index (χ4v) is 5.64. The molecule has 1 aromatic rings. The maximum Gasteiger partial charge on any atom is 0.290 e. The first-order chi connectivity index (χ1) is 14.2. The Morgan fingerprint density at radius 3 is 2.73 bits per heavy atom. The largest absolute Gasteiger partial charge is 0.483 e. The molecule has 0 radical (unpaired) electrons. The number of carbonyl (C=O) groups excluding carboxylic acids is 1. The third-order valence-corrected chi connectivity index (χ3v) is 7.20. The number of hydrogen-bond acceptors (Lipinski definition) is 6. The molecule has 2 atom stereocenters. The number of hydrogen-bond donors (Lipinski definition) is 2. The molecule has 0 saturated carbocycles. The summed E-state index contributed by atoms with van der Waals surface area (Å²) in [6, 6.07) is 5.56. The third-order valence-electron chi connectivity index (χ3n) is 5.91. The maximum atomic E-state index is 13.2. The summed E-state index contributed by atoms with van der Waals surface area (Å²) >= 11 is 0. The number of fused-ring (bicyclic) bond motifs is 1. The van der Waals surface area contributed by atoms with E-state index in [-0.39, 0.29) is 18.4 Å². The number of carboxylic acid groups (broad SMARTS) is 1. The van der Waals surface area contributed by atoms with Gasteiger partial charge in [-0.25, -0.2) is 8.42 Å². The van der Waals surface area contributed by atoms with E-state index in [2.05, 4.69) is 15.2 Å². The molecule has 3 rings (SSSR count). The lowest BCUT2D eigenvalue weighted by atomic mass is 9.68. The van der Waals surface area contributed by atoms with Gasteiger partial charge in [-0.1, -0.05) is 6.07 Å². The van der Waals surface area contributed by atoms with Gasteiger partial charge in [-0.2, -0.15) is 4.31 Å². The number of piperidine rings is 2. The Morgan fingerprint density at radius 1 is 1.37 bits per heavy atom. The fraction of sp³-hybridized carbons (Fsp3) is 0.650. The number of carbonyl (C=O) groups is 2. The molecular weight excluding hydrogens is 408 g/mol. The van der Waals surface area contributed by atoms with Gasteiger partial charge in [-0.05, 0) is 57.8 Å². The first kappa shape index (κ1) is 24.2. The van der Waals surface area contributed by atoms with Crippen molar-refractivity contribution in [3.05, 3.63) is 30.1 Å². The van der Waals surface area contributed by atoms with Crippen LogP contribution in [0.2, 0.25) is 0 Å². The molecule has 2 fully saturated rings. The van der Waals surface area contributed by atoms with Gasteiger partial charge in [0.1, 0.15) is 0 Å². The molecule has 3 heterocycles. The predicted molar refractivity (Wildman–Crippen MR) is 113 cm³/mol. The first-order valence-corrected chi connectivity index (χ1v) is 12.0. The summed E-state index contributed by atoms with van der Waals surface area (Å²) in [6.45, 7) is 2.26.